The summed E-state index contributed by atoms with van der Waals surface area (Å²) >= 11 is 0. The van der Waals surface area contributed by atoms with Gasteiger partial charge in [-0.2, -0.15) is 0 Å². The molecule has 0 saturated carbocycles. The van der Waals surface area contributed by atoms with Crippen LogP contribution in [-0.4, -0.2) is 4.98 Å². The predicted octanol–water partition coefficient (Wildman–Crippen LogP) is 5.27. The molecule has 0 spiro atoms. The number of anilines is 2. The Balaban J connectivity index is 1.95. The highest BCUT2D eigenvalue weighted by Gasteiger charge is 2.05. The lowest BCUT2D eigenvalue weighted by atomic mass is 10.0. The molecule has 3 rings (SSSR count). The normalized spacial score (nSPS) is 10.2. The van der Waals surface area contributed by atoms with Gasteiger partial charge in [0.15, 0.2) is 0 Å². The van der Waals surface area contributed by atoms with Crippen molar-refractivity contribution in [1.29, 1.82) is 0 Å². The fraction of sp³-hybridized carbons (Fsp3) is 0. The summed E-state index contributed by atoms with van der Waals surface area (Å²) in [5.41, 5.74) is 4.87. The van der Waals surface area contributed by atoms with Crippen molar-refractivity contribution in [2.75, 3.05) is 5.32 Å². The molecule has 0 unspecified atom stereocenters. The summed E-state index contributed by atoms with van der Waals surface area (Å²) < 4.78 is 13.0. The molecular formula is C19H15FN2. The smallest absolute Gasteiger partial charge is 0.123 e. The van der Waals surface area contributed by atoms with E-state index in [0.29, 0.717) is 0 Å². The zero-order chi connectivity index (χ0) is 15.4. The quantitative estimate of drug-likeness (QED) is 0.707. The number of nitrogens with one attached hydrogen (secondary N) is 1. The van der Waals surface area contributed by atoms with E-state index in [1.165, 1.54) is 12.1 Å². The molecule has 0 radical (unpaired) electrons. The molecular weight excluding hydrogens is 275 g/mol. The van der Waals surface area contributed by atoms with Gasteiger partial charge in [0.2, 0.25) is 0 Å². The Morgan fingerprint density at radius 2 is 1.68 bits per heavy atom. The van der Waals surface area contributed by atoms with E-state index in [4.69, 9.17) is 0 Å². The number of benzene rings is 2. The first kappa shape index (κ1) is 14.0. The van der Waals surface area contributed by atoms with Crippen LogP contribution >= 0.6 is 0 Å². The molecule has 0 aliphatic rings. The largest absolute Gasteiger partial charge is 0.355 e. The first-order valence-electron chi connectivity index (χ1n) is 6.96. The minimum atomic E-state index is -0.250. The number of pyridine rings is 1. The van der Waals surface area contributed by atoms with Gasteiger partial charge in [0.05, 0.1) is 0 Å². The lowest BCUT2D eigenvalue weighted by Gasteiger charge is -2.12. The second-order valence-corrected chi connectivity index (χ2v) is 4.88. The van der Waals surface area contributed by atoms with Crippen LogP contribution in [0.25, 0.3) is 17.2 Å². The van der Waals surface area contributed by atoms with E-state index in [1.807, 2.05) is 42.6 Å². The molecule has 0 saturated heterocycles. The molecule has 0 aliphatic carbocycles. The monoisotopic (exact) mass is 290 g/mol. The lowest BCUT2D eigenvalue weighted by Crippen LogP contribution is -1.94. The standard InChI is InChI=1S/C19H15FN2/c1-2-14-3-5-15(6-4-14)18-13-21-12-11-19(18)22-17-9-7-16(20)8-10-17/h2-13H,1H2,(H,21,22). The van der Waals surface area contributed by atoms with Gasteiger partial charge in [-0.1, -0.05) is 36.9 Å². The first-order chi connectivity index (χ1) is 10.8. The fourth-order valence-corrected chi connectivity index (χ4v) is 2.22. The van der Waals surface area contributed by atoms with Crippen molar-refractivity contribution in [2.45, 2.75) is 0 Å². The Kier molecular flexibility index (Phi) is 3.97. The van der Waals surface area contributed by atoms with Crippen molar-refractivity contribution < 1.29 is 4.39 Å². The van der Waals surface area contributed by atoms with Crippen molar-refractivity contribution in [3.05, 3.63) is 85.0 Å². The maximum Gasteiger partial charge on any atom is 0.123 e. The van der Waals surface area contributed by atoms with Crippen LogP contribution in [0, 0.1) is 5.82 Å². The van der Waals surface area contributed by atoms with E-state index in [9.17, 15) is 4.39 Å². The Hall–Kier alpha value is -2.94. The summed E-state index contributed by atoms with van der Waals surface area (Å²) in [6, 6.07) is 16.3. The SMILES string of the molecule is C=Cc1ccc(-c2cnccc2Nc2ccc(F)cc2)cc1. The molecule has 1 N–H and O–H groups in total. The number of aromatic nitrogens is 1. The van der Waals surface area contributed by atoms with Gasteiger partial charge in [-0.05, 0) is 41.5 Å². The Labute approximate surface area is 129 Å². The van der Waals surface area contributed by atoms with Crippen LogP contribution in [0.1, 0.15) is 5.56 Å². The van der Waals surface area contributed by atoms with Crippen molar-refractivity contribution in [3.8, 4) is 11.1 Å². The molecule has 0 aliphatic heterocycles. The molecule has 1 aromatic heterocycles. The molecule has 3 heteroatoms. The number of hydrogen-bond donors (Lipinski definition) is 1. The average molecular weight is 290 g/mol. The molecule has 2 aromatic carbocycles. The molecule has 1 heterocycles. The minimum absolute atomic E-state index is 0.250. The number of rotatable bonds is 4. The second-order valence-electron chi connectivity index (χ2n) is 4.88. The summed E-state index contributed by atoms with van der Waals surface area (Å²) in [5.74, 6) is -0.250. The van der Waals surface area contributed by atoms with Crippen molar-refractivity contribution in [2.24, 2.45) is 0 Å². The highest BCUT2D eigenvalue weighted by Crippen LogP contribution is 2.29. The second kappa shape index (κ2) is 6.22. The summed E-state index contributed by atoms with van der Waals surface area (Å²) in [6.07, 6.45) is 5.35. The zero-order valence-electron chi connectivity index (χ0n) is 12.0. The van der Waals surface area contributed by atoms with Crippen LogP contribution in [-0.2, 0) is 0 Å². The van der Waals surface area contributed by atoms with Gasteiger partial charge >= 0.3 is 0 Å². The van der Waals surface area contributed by atoms with E-state index in [-0.39, 0.29) is 5.82 Å². The summed E-state index contributed by atoms with van der Waals surface area (Å²) in [4.78, 5) is 4.20. The zero-order valence-corrected chi connectivity index (χ0v) is 12.0. The van der Waals surface area contributed by atoms with Crippen molar-refractivity contribution >= 4 is 17.5 Å². The summed E-state index contributed by atoms with van der Waals surface area (Å²) in [7, 11) is 0. The van der Waals surface area contributed by atoms with E-state index < -0.39 is 0 Å². The maximum absolute atomic E-state index is 13.0. The van der Waals surface area contributed by atoms with E-state index in [2.05, 4.69) is 16.9 Å². The fourth-order valence-electron chi connectivity index (χ4n) is 2.22. The lowest BCUT2D eigenvalue weighted by molar-refractivity contribution is 0.628. The van der Waals surface area contributed by atoms with Crippen LogP contribution in [0.3, 0.4) is 0 Å². The van der Waals surface area contributed by atoms with Crippen LogP contribution in [0.2, 0.25) is 0 Å². The van der Waals surface area contributed by atoms with Gasteiger partial charge in [-0.15, -0.1) is 0 Å². The Morgan fingerprint density at radius 1 is 0.955 bits per heavy atom. The van der Waals surface area contributed by atoms with E-state index >= 15 is 0 Å². The van der Waals surface area contributed by atoms with Crippen LogP contribution < -0.4 is 5.32 Å². The van der Waals surface area contributed by atoms with Gasteiger partial charge in [0.25, 0.3) is 0 Å². The molecule has 108 valence electrons. The third kappa shape index (κ3) is 3.04. The molecule has 22 heavy (non-hydrogen) atoms. The van der Waals surface area contributed by atoms with Gasteiger partial charge in [-0.3, -0.25) is 4.98 Å². The predicted molar refractivity (Wildman–Crippen MR) is 89.4 cm³/mol. The molecule has 0 bridgehead atoms. The Morgan fingerprint density at radius 3 is 2.36 bits per heavy atom. The molecule has 0 atom stereocenters. The van der Waals surface area contributed by atoms with E-state index in [1.54, 1.807) is 18.3 Å². The van der Waals surface area contributed by atoms with Gasteiger partial charge in [0, 0.05) is 29.3 Å². The van der Waals surface area contributed by atoms with Crippen molar-refractivity contribution in [1.82, 2.24) is 4.98 Å². The highest BCUT2D eigenvalue weighted by molar-refractivity contribution is 5.80. The third-order valence-corrected chi connectivity index (χ3v) is 3.40. The van der Waals surface area contributed by atoms with Gasteiger partial charge < -0.3 is 5.32 Å². The average Bonchev–Trinajstić information content (AvgIpc) is 2.58. The Bertz CT molecular complexity index is 777. The van der Waals surface area contributed by atoms with E-state index in [0.717, 1.165) is 28.1 Å². The summed E-state index contributed by atoms with van der Waals surface area (Å²) in [6.45, 7) is 3.76. The molecule has 2 nitrogen and oxygen atoms in total. The number of hydrogen-bond acceptors (Lipinski definition) is 2. The maximum atomic E-state index is 13.0. The minimum Gasteiger partial charge on any atom is -0.355 e. The molecule has 0 amide bonds. The van der Waals surface area contributed by atoms with Crippen LogP contribution in [0.15, 0.2) is 73.6 Å². The molecule has 3 aromatic rings. The van der Waals surface area contributed by atoms with Gasteiger partial charge in [0.1, 0.15) is 5.82 Å². The van der Waals surface area contributed by atoms with Gasteiger partial charge in [-0.25, -0.2) is 4.39 Å². The van der Waals surface area contributed by atoms with Crippen LogP contribution in [0.4, 0.5) is 15.8 Å². The first-order valence-corrected chi connectivity index (χ1v) is 6.96. The summed E-state index contributed by atoms with van der Waals surface area (Å²) in [5, 5.41) is 3.30. The van der Waals surface area contributed by atoms with Crippen LogP contribution in [0.5, 0.6) is 0 Å². The number of nitrogens with zero attached hydrogens (tertiary/aromatic N) is 1. The number of halogens is 1. The molecule has 0 fully saturated rings. The van der Waals surface area contributed by atoms with Crippen molar-refractivity contribution in [3.63, 3.8) is 0 Å². The third-order valence-electron chi connectivity index (χ3n) is 3.40. The topological polar surface area (TPSA) is 24.9 Å². The highest BCUT2D eigenvalue weighted by atomic mass is 19.1.